The van der Waals surface area contributed by atoms with E-state index in [4.69, 9.17) is 7.85 Å². The summed E-state index contributed by atoms with van der Waals surface area (Å²) in [5.74, 6) is 0.417. The number of benzene rings is 3. The molecule has 0 aromatic heterocycles. The summed E-state index contributed by atoms with van der Waals surface area (Å²) in [5.41, 5.74) is 6.97. The second-order valence-corrected chi connectivity index (χ2v) is 6.00. The van der Waals surface area contributed by atoms with Crippen LogP contribution in [0.2, 0.25) is 0 Å². The predicted molar refractivity (Wildman–Crippen MR) is 97.7 cm³/mol. The second kappa shape index (κ2) is 5.61. The molecule has 2 N–H and O–H groups in total. The van der Waals surface area contributed by atoms with Gasteiger partial charge in [0.05, 0.1) is 0 Å². The van der Waals surface area contributed by atoms with Gasteiger partial charge in [-0.15, -0.1) is 0 Å². The lowest BCUT2D eigenvalue weighted by molar-refractivity contribution is 0.475. The highest BCUT2D eigenvalue weighted by Crippen LogP contribution is 2.42. The molecule has 0 atom stereocenters. The van der Waals surface area contributed by atoms with Crippen molar-refractivity contribution in [2.45, 2.75) is 6.42 Å². The summed E-state index contributed by atoms with van der Waals surface area (Å²) < 4.78 is 0. The van der Waals surface area contributed by atoms with Gasteiger partial charge in [-0.05, 0) is 64.1 Å². The summed E-state index contributed by atoms with van der Waals surface area (Å²) in [7, 11) is 6.15. The van der Waals surface area contributed by atoms with Gasteiger partial charge in [-0.2, -0.15) is 0 Å². The first-order chi connectivity index (χ1) is 11.6. The quantitative estimate of drug-likeness (QED) is 0.712. The van der Waals surface area contributed by atoms with E-state index in [1.165, 1.54) is 0 Å². The predicted octanol–water partition coefficient (Wildman–Crippen LogP) is 3.41. The number of phenolic OH excluding ortho intramolecular Hbond substituents is 2. The lowest BCUT2D eigenvalue weighted by Crippen LogP contribution is -2.10. The van der Waals surface area contributed by atoms with E-state index in [1.54, 1.807) is 24.3 Å². The zero-order valence-corrected chi connectivity index (χ0v) is 13.0. The molecule has 3 aromatic carbocycles. The summed E-state index contributed by atoms with van der Waals surface area (Å²) >= 11 is 0. The van der Waals surface area contributed by atoms with Crippen LogP contribution >= 0.6 is 0 Å². The van der Waals surface area contributed by atoms with Gasteiger partial charge in [0.1, 0.15) is 19.3 Å². The van der Waals surface area contributed by atoms with Crippen molar-refractivity contribution in [1.29, 1.82) is 0 Å². The first-order valence-corrected chi connectivity index (χ1v) is 7.83. The molecular weight excluding hydrogens is 295 g/mol. The fraction of sp³-hybridized carbons (Fsp3) is 0.0476. The molecule has 3 aromatic rings. The Morgan fingerprint density at radius 1 is 0.750 bits per heavy atom. The van der Waals surface area contributed by atoms with Crippen molar-refractivity contribution in [1.82, 2.24) is 0 Å². The van der Waals surface area contributed by atoms with Crippen LogP contribution in [0.5, 0.6) is 11.5 Å². The third-order valence-electron chi connectivity index (χ3n) is 4.47. The molecule has 0 spiro atoms. The SMILES string of the molecule is [B]c1cc(O)cc2c1CC(c1ccc(O)cc1)=C2c1ccccc1. The molecule has 2 radical (unpaired) electrons. The molecule has 1 aliphatic carbocycles. The van der Waals surface area contributed by atoms with Crippen LogP contribution in [0.15, 0.2) is 66.7 Å². The number of allylic oxidation sites excluding steroid dienone is 1. The Balaban J connectivity index is 1.98. The van der Waals surface area contributed by atoms with Crippen LogP contribution in [0.1, 0.15) is 22.3 Å². The second-order valence-electron chi connectivity index (χ2n) is 6.00. The maximum Gasteiger partial charge on any atom is 0.115 e. The van der Waals surface area contributed by atoms with Gasteiger partial charge in [0.2, 0.25) is 0 Å². The van der Waals surface area contributed by atoms with Gasteiger partial charge in [0.25, 0.3) is 0 Å². The average molecular weight is 310 g/mol. The van der Waals surface area contributed by atoms with E-state index in [9.17, 15) is 10.2 Å². The van der Waals surface area contributed by atoms with E-state index < -0.39 is 0 Å². The first kappa shape index (κ1) is 14.6. The zero-order chi connectivity index (χ0) is 16.7. The smallest absolute Gasteiger partial charge is 0.115 e. The van der Waals surface area contributed by atoms with Crippen LogP contribution in [0, 0.1) is 0 Å². The highest BCUT2D eigenvalue weighted by Gasteiger charge is 2.25. The van der Waals surface area contributed by atoms with Gasteiger partial charge in [0, 0.05) is 0 Å². The van der Waals surface area contributed by atoms with Gasteiger partial charge in [-0.1, -0.05) is 47.9 Å². The van der Waals surface area contributed by atoms with E-state index in [2.05, 4.69) is 12.1 Å². The van der Waals surface area contributed by atoms with Crippen LogP contribution in [0.25, 0.3) is 11.1 Å². The largest absolute Gasteiger partial charge is 0.508 e. The fourth-order valence-electron chi connectivity index (χ4n) is 3.37. The number of aromatic hydroxyl groups is 2. The third kappa shape index (κ3) is 2.39. The number of hydrogen-bond donors (Lipinski definition) is 2. The van der Waals surface area contributed by atoms with Crippen LogP contribution in [0.4, 0.5) is 0 Å². The molecule has 3 heteroatoms. The summed E-state index contributed by atoms with van der Waals surface area (Å²) in [5, 5.41) is 19.6. The Bertz CT molecular complexity index is 942. The Morgan fingerprint density at radius 3 is 2.17 bits per heavy atom. The number of fused-ring (bicyclic) bond motifs is 1. The normalized spacial score (nSPS) is 13.2. The molecular formula is C21H15BO2. The summed E-state index contributed by atoms with van der Waals surface area (Å²) in [6.07, 6.45) is 0.705. The Morgan fingerprint density at radius 2 is 1.46 bits per heavy atom. The molecule has 0 unspecified atom stereocenters. The highest BCUT2D eigenvalue weighted by atomic mass is 16.3. The van der Waals surface area contributed by atoms with E-state index in [0.29, 0.717) is 11.9 Å². The highest BCUT2D eigenvalue weighted by molar-refractivity contribution is 6.34. The maximum atomic E-state index is 10.00. The summed E-state index contributed by atoms with van der Waals surface area (Å²) in [6, 6.07) is 20.7. The van der Waals surface area contributed by atoms with E-state index in [0.717, 1.165) is 33.4 Å². The van der Waals surface area contributed by atoms with Crippen LogP contribution in [-0.4, -0.2) is 18.1 Å². The zero-order valence-electron chi connectivity index (χ0n) is 13.0. The minimum absolute atomic E-state index is 0.173. The Kier molecular flexibility index (Phi) is 3.42. The number of hydrogen-bond acceptors (Lipinski definition) is 2. The summed E-state index contributed by atoms with van der Waals surface area (Å²) in [4.78, 5) is 0. The van der Waals surface area contributed by atoms with Crippen LogP contribution in [0.3, 0.4) is 0 Å². The van der Waals surface area contributed by atoms with Gasteiger partial charge < -0.3 is 10.2 Å². The van der Waals surface area contributed by atoms with Crippen molar-refractivity contribution in [3.63, 3.8) is 0 Å². The minimum Gasteiger partial charge on any atom is -0.508 e. The minimum atomic E-state index is 0.173. The lowest BCUT2D eigenvalue weighted by Gasteiger charge is -2.10. The number of rotatable bonds is 2. The topological polar surface area (TPSA) is 40.5 Å². The average Bonchev–Trinajstić information content (AvgIpc) is 2.96. The van der Waals surface area contributed by atoms with Crippen molar-refractivity contribution in [2.75, 3.05) is 0 Å². The van der Waals surface area contributed by atoms with Crippen LogP contribution in [-0.2, 0) is 6.42 Å². The molecule has 0 bridgehead atoms. The van der Waals surface area contributed by atoms with Crippen LogP contribution < -0.4 is 5.46 Å². The lowest BCUT2D eigenvalue weighted by atomic mass is 9.86. The molecule has 0 saturated heterocycles. The van der Waals surface area contributed by atoms with Crippen molar-refractivity contribution in [3.05, 3.63) is 89.0 Å². The first-order valence-electron chi connectivity index (χ1n) is 7.83. The Hall–Kier alpha value is -2.94. The molecule has 0 aliphatic heterocycles. The molecule has 1 aliphatic rings. The maximum absolute atomic E-state index is 10.00. The van der Waals surface area contributed by atoms with Gasteiger partial charge in [0.15, 0.2) is 0 Å². The molecule has 114 valence electrons. The summed E-state index contributed by atoms with van der Waals surface area (Å²) in [6.45, 7) is 0. The van der Waals surface area contributed by atoms with E-state index >= 15 is 0 Å². The van der Waals surface area contributed by atoms with E-state index in [1.807, 2.05) is 30.3 Å². The Labute approximate surface area is 142 Å². The molecule has 0 fully saturated rings. The van der Waals surface area contributed by atoms with Crippen molar-refractivity contribution < 1.29 is 10.2 Å². The van der Waals surface area contributed by atoms with Gasteiger partial charge in [-0.25, -0.2) is 0 Å². The molecule has 0 saturated carbocycles. The number of phenols is 2. The molecule has 4 rings (SSSR count). The molecule has 2 nitrogen and oxygen atoms in total. The van der Waals surface area contributed by atoms with Crippen molar-refractivity contribution >= 4 is 24.5 Å². The monoisotopic (exact) mass is 310 g/mol. The van der Waals surface area contributed by atoms with Gasteiger partial charge in [-0.3, -0.25) is 0 Å². The third-order valence-corrected chi connectivity index (χ3v) is 4.47. The van der Waals surface area contributed by atoms with E-state index in [-0.39, 0.29) is 11.5 Å². The molecule has 24 heavy (non-hydrogen) atoms. The fourth-order valence-corrected chi connectivity index (χ4v) is 3.37. The standard InChI is InChI=1S/C21H15BO2/c22-20-11-16(24)10-19-18(20)12-17(13-6-8-15(23)9-7-13)21(19)14-4-2-1-3-5-14/h1-11,23-24H,12H2. The van der Waals surface area contributed by atoms with Crippen molar-refractivity contribution in [3.8, 4) is 11.5 Å². The van der Waals surface area contributed by atoms with Crippen molar-refractivity contribution in [2.24, 2.45) is 0 Å². The van der Waals surface area contributed by atoms with Gasteiger partial charge >= 0.3 is 0 Å². The molecule has 0 heterocycles. The molecule has 0 amide bonds.